The van der Waals surface area contributed by atoms with Crippen molar-refractivity contribution in [1.82, 2.24) is 0 Å². The van der Waals surface area contributed by atoms with Crippen LogP contribution in [0.25, 0.3) is 0 Å². The molecule has 0 saturated carbocycles. The van der Waals surface area contributed by atoms with Crippen molar-refractivity contribution in [3.8, 4) is 5.75 Å². The van der Waals surface area contributed by atoms with Crippen LogP contribution in [0.2, 0.25) is 0 Å². The highest BCUT2D eigenvalue weighted by Gasteiger charge is 2.29. The Balaban J connectivity index is 2.17. The molecule has 1 atom stereocenters. The third kappa shape index (κ3) is 3.43. The first-order valence-corrected chi connectivity index (χ1v) is 6.90. The number of thiophene rings is 1. The molecule has 0 bridgehead atoms. The molecule has 0 spiro atoms. The number of carbonyl (C=O) groups excluding carboxylic acids is 2. The van der Waals surface area contributed by atoms with E-state index in [1.54, 1.807) is 29.0 Å². The summed E-state index contributed by atoms with van der Waals surface area (Å²) in [7, 11) is 0. The molecule has 1 aromatic carbocycles. The molecular weight excluding hydrogens is 284 g/mol. The predicted molar refractivity (Wildman–Crippen MR) is 74.7 cm³/mol. The molecule has 98 valence electrons. The Bertz CT molecular complexity index is 575. The summed E-state index contributed by atoms with van der Waals surface area (Å²) in [5, 5.41) is 2.75. The largest absolute Gasteiger partial charge is 0.426 e. The standard InChI is InChI=1S/C14H11ClO3S/c1-9-2-4-11(5-3-9)18-14(17)12(13(15)16)10-6-7-19-8-10/h2-8,12H,1H3. The lowest BCUT2D eigenvalue weighted by Gasteiger charge is -2.10. The van der Waals surface area contributed by atoms with Gasteiger partial charge in [0, 0.05) is 0 Å². The Morgan fingerprint density at radius 3 is 2.42 bits per heavy atom. The van der Waals surface area contributed by atoms with Gasteiger partial charge in [0.15, 0.2) is 5.92 Å². The number of ether oxygens (including phenoxy) is 1. The quantitative estimate of drug-likeness (QED) is 0.375. The van der Waals surface area contributed by atoms with Crippen LogP contribution in [-0.4, -0.2) is 11.2 Å². The number of hydrogen-bond donors (Lipinski definition) is 0. The van der Waals surface area contributed by atoms with Crippen LogP contribution in [0.4, 0.5) is 0 Å². The van der Waals surface area contributed by atoms with Gasteiger partial charge in [-0.3, -0.25) is 9.59 Å². The maximum absolute atomic E-state index is 12.0. The van der Waals surface area contributed by atoms with E-state index in [4.69, 9.17) is 16.3 Å². The minimum atomic E-state index is -1.07. The number of hydrogen-bond acceptors (Lipinski definition) is 4. The van der Waals surface area contributed by atoms with Crippen LogP contribution in [0.1, 0.15) is 17.0 Å². The third-order valence-electron chi connectivity index (χ3n) is 2.58. The van der Waals surface area contributed by atoms with E-state index in [0.29, 0.717) is 11.3 Å². The molecule has 0 aliphatic rings. The van der Waals surface area contributed by atoms with Crippen molar-refractivity contribution >= 4 is 34.1 Å². The molecule has 0 fully saturated rings. The van der Waals surface area contributed by atoms with E-state index < -0.39 is 17.1 Å². The molecular formula is C14H11ClO3S. The summed E-state index contributed by atoms with van der Waals surface area (Å²) < 4.78 is 5.18. The highest BCUT2D eigenvalue weighted by Crippen LogP contribution is 2.24. The second-order valence-electron chi connectivity index (χ2n) is 4.03. The summed E-state index contributed by atoms with van der Waals surface area (Å²) >= 11 is 6.88. The molecule has 19 heavy (non-hydrogen) atoms. The van der Waals surface area contributed by atoms with Crippen molar-refractivity contribution in [2.24, 2.45) is 0 Å². The molecule has 1 heterocycles. The lowest BCUT2D eigenvalue weighted by molar-refractivity contribution is -0.138. The lowest BCUT2D eigenvalue weighted by Crippen LogP contribution is -2.23. The number of aryl methyl sites for hydroxylation is 1. The van der Waals surface area contributed by atoms with Crippen LogP contribution in [0.15, 0.2) is 41.1 Å². The minimum absolute atomic E-state index is 0.397. The topological polar surface area (TPSA) is 43.4 Å². The van der Waals surface area contributed by atoms with Crippen molar-refractivity contribution in [3.63, 3.8) is 0 Å². The zero-order chi connectivity index (χ0) is 13.8. The number of esters is 1. The van der Waals surface area contributed by atoms with Gasteiger partial charge in [0.05, 0.1) is 0 Å². The normalized spacial score (nSPS) is 11.9. The smallest absolute Gasteiger partial charge is 0.327 e. The Morgan fingerprint density at radius 1 is 1.21 bits per heavy atom. The highest BCUT2D eigenvalue weighted by molar-refractivity contribution is 7.08. The van der Waals surface area contributed by atoms with Crippen LogP contribution in [0, 0.1) is 6.92 Å². The maximum Gasteiger partial charge on any atom is 0.327 e. The lowest BCUT2D eigenvalue weighted by atomic mass is 10.0. The van der Waals surface area contributed by atoms with Gasteiger partial charge in [-0.1, -0.05) is 17.7 Å². The summed E-state index contributed by atoms with van der Waals surface area (Å²) in [4.78, 5) is 23.4. The van der Waals surface area contributed by atoms with Crippen molar-refractivity contribution in [1.29, 1.82) is 0 Å². The Morgan fingerprint density at radius 2 is 1.89 bits per heavy atom. The van der Waals surface area contributed by atoms with Gasteiger partial charge in [-0.05, 0) is 53.0 Å². The van der Waals surface area contributed by atoms with Gasteiger partial charge in [0.25, 0.3) is 0 Å². The van der Waals surface area contributed by atoms with Crippen molar-refractivity contribution in [2.75, 3.05) is 0 Å². The second-order valence-corrected chi connectivity index (χ2v) is 5.18. The minimum Gasteiger partial charge on any atom is -0.426 e. The van der Waals surface area contributed by atoms with Crippen LogP contribution < -0.4 is 4.74 Å². The highest BCUT2D eigenvalue weighted by atomic mass is 35.5. The fraction of sp³-hybridized carbons (Fsp3) is 0.143. The van der Waals surface area contributed by atoms with E-state index >= 15 is 0 Å². The first-order chi connectivity index (χ1) is 9.08. The van der Waals surface area contributed by atoms with Crippen molar-refractivity contribution < 1.29 is 14.3 Å². The first kappa shape index (κ1) is 13.8. The summed E-state index contributed by atoms with van der Waals surface area (Å²) in [6.07, 6.45) is 0. The average molecular weight is 295 g/mol. The molecule has 0 aliphatic carbocycles. The van der Waals surface area contributed by atoms with Gasteiger partial charge in [-0.2, -0.15) is 11.3 Å². The Labute approximate surface area is 119 Å². The van der Waals surface area contributed by atoms with Crippen molar-refractivity contribution in [3.05, 3.63) is 52.2 Å². The van der Waals surface area contributed by atoms with Crippen LogP contribution >= 0.6 is 22.9 Å². The average Bonchev–Trinajstić information content (AvgIpc) is 2.85. The van der Waals surface area contributed by atoms with E-state index in [1.165, 1.54) is 11.3 Å². The van der Waals surface area contributed by atoms with Gasteiger partial charge in [-0.25, -0.2) is 0 Å². The van der Waals surface area contributed by atoms with E-state index in [1.807, 2.05) is 19.1 Å². The summed E-state index contributed by atoms with van der Waals surface area (Å²) in [6.45, 7) is 1.93. The van der Waals surface area contributed by atoms with Gasteiger partial charge in [0.1, 0.15) is 5.75 Å². The number of halogens is 1. The monoisotopic (exact) mass is 294 g/mol. The van der Waals surface area contributed by atoms with Gasteiger partial charge >= 0.3 is 5.97 Å². The van der Waals surface area contributed by atoms with Crippen LogP contribution in [0.3, 0.4) is 0 Å². The van der Waals surface area contributed by atoms with Gasteiger partial charge in [0.2, 0.25) is 5.24 Å². The molecule has 1 aromatic heterocycles. The molecule has 2 aromatic rings. The molecule has 2 rings (SSSR count). The molecule has 3 nitrogen and oxygen atoms in total. The van der Waals surface area contributed by atoms with E-state index in [0.717, 1.165) is 5.56 Å². The van der Waals surface area contributed by atoms with Gasteiger partial charge in [-0.15, -0.1) is 0 Å². The Kier molecular flexibility index (Phi) is 4.35. The predicted octanol–water partition coefficient (Wildman–Crippen LogP) is 3.51. The van der Waals surface area contributed by atoms with E-state index in [-0.39, 0.29) is 0 Å². The molecule has 0 N–H and O–H groups in total. The molecule has 0 amide bonds. The van der Waals surface area contributed by atoms with Gasteiger partial charge < -0.3 is 4.74 Å². The van der Waals surface area contributed by atoms with Crippen molar-refractivity contribution in [2.45, 2.75) is 12.8 Å². The number of carbonyl (C=O) groups is 2. The number of benzene rings is 1. The second kappa shape index (κ2) is 5.99. The first-order valence-electron chi connectivity index (χ1n) is 5.57. The molecule has 0 aliphatic heterocycles. The summed E-state index contributed by atoms with van der Waals surface area (Å²) in [5.41, 5.74) is 1.62. The van der Waals surface area contributed by atoms with E-state index in [2.05, 4.69) is 0 Å². The van der Waals surface area contributed by atoms with Crippen LogP contribution in [-0.2, 0) is 9.59 Å². The number of rotatable bonds is 4. The summed E-state index contributed by atoms with van der Waals surface area (Å²) in [6, 6.07) is 8.69. The molecule has 5 heteroatoms. The van der Waals surface area contributed by atoms with E-state index in [9.17, 15) is 9.59 Å². The molecule has 0 saturated heterocycles. The molecule has 1 unspecified atom stereocenters. The zero-order valence-electron chi connectivity index (χ0n) is 10.1. The zero-order valence-corrected chi connectivity index (χ0v) is 11.7. The summed E-state index contributed by atoms with van der Waals surface area (Å²) in [5.74, 6) is -1.34. The third-order valence-corrected chi connectivity index (χ3v) is 3.50. The maximum atomic E-state index is 12.0. The Hall–Kier alpha value is -1.65. The molecule has 0 radical (unpaired) electrons. The fourth-order valence-corrected chi connectivity index (χ4v) is 2.48. The van der Waals surface area contributed by atoms with Crippen LogP contribution in [0.5, 0.6) is 5.75 Å². The SMILES string of the molecule is Cc1ccc(OC(=O)C(C(=O)Cl)c2ccsc2)cc1. The fourth-order valence-electron chi connectivity index (χ4n) is 1.58.